The number of carbonyl (C=O) groups is 7. The van der Waals surface area contributed by atoms with Crippen LogP contribution in [0, 0.1) is 10.8 Å². The quantitative estimate of drug-likeness (QED) is 0.0153. The number of hydrogen-bond acceptors (Lipinski definition) is 17. The molecule has 0 aliphatic carbocycles. The van der Waals surface area contributed by atoms with Crippen molar-refractivity contribution in [1.29, 1.82) is 0 Å². The number of ether oxygens (including phenoxy) is 3. The molecule has 0 atom stereocenters. The average Bonchev–Trinajstić information content (AvgIpc) is 3.19. The van der Waals surface area contributed by atoms with Crippen LogP contribution in [0.5, 0.6) is 0 Å². The molecule has 22 heteroatoms. The zero-order chi connectivity index (χ0) is 46.3. The molecule has 12 N–H and O–H groups in total. The van der Waals surface area contributed by atoms with E-state index in [2.05, 4.69) is 20.1 Å². The Labute approximate surface area is 337 Å². The number of carboxylic acids is 5. The molecule has 0 aromatic heterocycles. The Bertz CT molecular complexity index is 1440. The molecule has 0 aromatic carbocycles. The molecule has 0 amide bonds. The van der Waals surface area contributed by atoms with E-state index >= 15 is 0 Å². The van der Waals surface area contributed by atoms with Crippen molar-refractivity contribution >= 4 is 41.8 Å². The van der Waals surface area contributed by atoms with E-state index in [9.17, 15) is 48.9 Å². The Morgan fingerprint density at radius 3 is 1.19 bits per heavy atom. The number of unbranched alkanes of at least 4 members (excludes halogenated alkanes) is 2. The van der Waals surface area contributed by atoms with Crippen molar-refractivity contribution in [3.05, 3.63) is 86.3 Å². The summed E-state index contributed by atoms with van der Waals surface area (Å²) < 4.78 is 15.0. The maximum absolute atomic E-state index is 11.3. The largest absolute Gasteiger partial charge is 0.485 e. The van der Waals surface area contributed by atoms with Crippen LogP contribution in [0.4, 0.5) is 0 Å². The molecule has 0 heterocycles. The Morgan fingerprint density at radius 2 is 0.915 bits per heavy atom. The second-order valence-electron chi connectivity index (χ2n) is 11.8. The highest BCUT2D eigenvalue weighted by Crippen LogP contribution is 2.47. The van der Waals surface area contributed by atoms with Gasteiger partial charge in [-0.05, 0) is 30.7 Å². The standard InChI is InChI=1S/C20H22O14.C12H18O4.C5H12O4/c21-11-18(12-22,19(33,6-1-13(23)24)7-2-14(25)26)20(8-3-15(27)28,9-4-16(29)30)34-10-5-17(31)32;1-4-7-8-9-12(15-10(13)5-2)16-11(14)6-3;6-1-5(2-7,3-8)4-9/h1-10,21-22,33H,11-12H2,(H,23,24)(H,25,26)(H,27,28)(H,29,30)(H,31,32);5-6,12H,2-4,7-9H2,1H3;6-9H,1-4H2. The number of carbonyl (C=O) groups excluding carboxylic acids is 2. The third-order valence-corrected chi connectivity index (χ3v) is 7.65. The van der Waals surface area contributed by atoms with Gasteiger partial charge in [0.1, 0.15) is 5.60 Å². The Morgan fingerprint density at radius 1 is 0.559 bits per heavy atom. The van der Waals surface area contributed by atoms with E-state index < -0.39 is 110 Å². The van der Waals surface area contributed by atoms with Crippen molar-refractivity contribution in [2.45, 2.75) is 50.1 Å². The van der Waals surface area contributed by atoms with Crippen LogP contribution in [-0.4, -0.2) is 160 Å². The molecule has 0 saturated carbocycles. The molecule has 0 unspecified atom stereocenters. The minimum atomic E-state index is -2.99. The van der Waals surface area contributed by atoms with E-state index in [1.807, 2.05) is 0 Å². The van der Waals surface area contributed by atoms with E-state index in [1.165, 1.54) is 0 Å². The molecule has 59 heavy (non-hydrogen) atoms. The monoisotopic (exact) mass is 848 g/mol. The Kier molecular flexibility index (Phi) is 29.3. The average molecular weight is 849 g/mol. The third kappa shape index (κ3) is 21.4. The van der Waals surface area contributed by atoms with Crippen molar-refractivity contribution < 1.29 is 109 Å². The number of esters is 2. The van der Waals surface area contributed by atoms with Gasteiger partial charge in [-0.25, -0.2) is 33.6 Å². The molecule has 0 bridgehead atoms. The smallest absolute Gasteiger partial charge is 0.333 e. The van der Waals surface area contributed by atoms with Gasteiger partial charge in [0.25, 0.3) is 0 Å². The first-order valence-corrected chi connectivity index (χ1v) is 16.9. The van der Waals surface area contributed by atoms with Gasteiger partial charge in [-0.3, -0.25) is 0 Å². The first-order valence-electron chi connectivity index (χ1n) is 16.9. The van der Waals surface area contributed by atoms with Gasteiger partial charge in [0.2, 0.25) is 6.29 Å². The van der Waals surface area contributed by atoms with E-state index in [0.717, 1.165) is 31.4 Å². The number of aliphatic carboxylic acids is 5. The topological polar surface area (TPSA) is 390 Å². The van der Waals surface area contributed by atoms with E-state index in [4.69, 9.17) is 60.2 Å². The molecule has 0 spiro atoms. The summed E-state index contributed by atoms with van der Waals surface area (Å²) in [5.41, 5.74) is -9.60. The summed E-state index contributed by atoms with van der Waals surface area (Å²) in [5.74, 6) is -9.48. The van der Waals surface area contributed by atoms with Crippen LogP contribution in [0.25, 0.3) is 0 Å². The highest BCUT2D eigenvalue weighted by Gasteiger charge is 2.61. The van der Waals surface area contributed by atoms with Gasteiger partial charge in [0, 0.05) is 42.9 Å². The van der Waals surface area contributed by atoms with Crippen molar-refractivity contribution in [2.75, 3.05) is 39.6 Å². The van der Waals surface area contributed by atoms with Crippen LogP contribution in [0.3, 0.4) is 0 Å². The highest BCUT2D eigenvalue weighted by atomic mass is 16.7. The predicted octanol–water partition coefficient (Wildman–Crippen LogP) is -1.10. The van der Waals surface area contributed by atoms with Crippen LogP contribution in [0.2, 0.25) is 0 Å². The van der Waals surface area contributed by atoms with Gasteiger partial charge < -0.3 is 75.5 Å². The van der Waals surface area contributed by atoms with Crippen molar-refractivity contribution in [3.63, 3.8) is 0 Å². The molecule has 22 nitrogen and oxygen atoms in total. The number of aliphatic hydroxyl groups is 7. The number of aliphatic hydroxyl groups excluding tert-OH is 6. The van der Waals surface area contributed by atoms with Crippen molar-refractivity contribution in [3.8, 4) is 0 Å². The fourth-order valence-corrected chi connectivity index (χ4v) is 4.15. The fourth-order valence-electron chi connectivity index (χ4n) is 4.15. The summed E-state index contributed by atoms with van der Waals surface area (Å²) in [6, 6.07) is 0. The Balaban J connectivity index is -0.00000102. The molecular weight excluding hydrogens is 796 g/mol. The zero-order valence-corrected chi connectivity index (χ0v) is 31.9. The van der Waals surface area contributed by atoms with Gasteiger partial charge >= 0.3 is 41.8 Å². The first-order chi connectivity index (χ1) is 27.6. The summed E-state index contributed by atoms with van der Waals surface area (Å²) in [4.78, 5) is 77.3. The minimum Gasteiger partial charge on any atom is -0.485 e. The Hall–Kier alpha value is -6.01. The maximum Gasteiger partial charge on any atom is 0.333 e. The SMILES string of the molecule is C=CC(=O)OC(CCCCC)OC(=O)C=C.O=C(O)C=COC(C=CC(=O)O)(C=CC(=O)O)C(CO)(CO)C(O)(C=CC(=O)O)C=CC(=O)O.OCC(CO)(CO)CO. The lowest BCUT2D eigenvalue weighted by Crippen LogP contribution is -2.64. The number of rotatable bonds is 27. The second kappa shape index (κ2) is 30.1. The summed E-state index contributed by atoms with van der Waals surface area (Å²) in [6.07, 6.45) is 8.51. The van der Waals surface area contributed by atoms with E-state index in [-0.39, 0.29) is 0 Å². The van der Waals surface area contributed by atoms with Gasteiger partial charge in [-0.2, -0.15) is 0 Å². The van der Waals surface area contributed by atoms with Crippen LogP contribution in [-0.2, 0) is 47.8 Å². The molecule has 0 fully saturated rings. The van der Waals surface area contributed by atoms with Crippen LogP contribution in [0.15, 0.2) is 86.3 Å². The molecule has 0 radical (unpaired) electrons. The summed E-state index contributed by atoms with van der Waals surface area (Å²) in [5, 5.41) is 111. The maximum atomic E-state index is 11.3. The highest BCUT2D eigenvalue weighted by molar-refractivity contribution is 5.84. The third-order valence-electron chi connectivity index (χ3n) is 7.65. The van der Waals surface area contributed by atoms with Gasteiger partial charge in [-0.15, -0.1) is 0 Å². The van der Waals surface area contributed by atoms with Crippen LogP contribution < -0.4 is 0 Å². The molecular formula is C37H52O22. The summed E-state index contributed by atoms with van der Waals surface area (Å²) in [7, 11) is 0. The minimum absolute atomic E-state index is 0.298. The first kappa shape index (κ1) is 57.3. The molecule has 0 aliphatic heterocycles. The fraction of sp³-hybridized carbons (Fsp3) is 0.432. The second-order valence-corrected chi connectivity index (χ2v) is 11.8. The molecule has 0 saturated heterocycles. The van der Waals surface area contributed by atoms with Crippen molar-refractivity contribution in [2.24, 2.45) is 10.8 Å². The summed E-state index contributed by atoms with van der Waals surface area (Å²) >= 11 is 0. The van der Waals surface area contributed by atoms with Gasteiger partial charge in [0.05, 0.1) is 62.8 Å². The van der Waals surface area contributed by atoms with Gasteiger partial charge in [-0.1, -0.05) is 32.9 Å². The van der Waals surface area contributed by atoms with E-state index in [1.54, 1.807) is 0 Å². The molecule has 0 rings (SSSR count). The molecule has 332 valence electrons. The van der Waals surface area contributed by atoms with Crippen LogP contribution >= 0.6 is 0 Å². The van der Waals surface area contributed by atoms with Gasteiger partial charge in [0.15, 0.2) is 5.60 Å². The predicted molar refractivity (Wildman–Crippen MR) is 201 cm³/mol. The lowest BCUT2D eigenvalue weighted by atomic mass is 9.60. The lowest BCUT2D eigenvalue weighted by molar-refractivity contribution is -0.182. The zero-order valence-electron chi connectivity index (χ0n) is 31.9. The van der Waals surface area contributed by atoms with Crippen LogP contribution in [0.1, 0.15) is 32.6 Å². The van der Waals surface area contributed by atoms with E-state index in [0.29, 0.717) is 67.4 Å². The number of hydrogen-bond donors (Lipinski definition) is 12. The molecule has 0 aromatic rings. The normalized spacial score (nSPS) is 13.8. The van der Waals surface area contributed by atoms with Crippen molar-refractivity contribution in [1.82, 2.24) is 0 Å². The molecule has 0 aliphatic rings. The summed E-state index contributed by atoms with van der Waals surface area (Å²) in [6.45, 7) is 4.12. The number of carboxylic acid groups (broad SMARTS) is 5. The lowest BCUT2D eigenvalue weighted by Gasteiger charge is -2.51.